The van der Waals surface area contributed by atoms with Crippen LogP contribution < -0.4 is 10.1 Å². The largest absolute Gasteiger partial charge is 0.496 e. The highest BCUT2D eigenvalue weighted by Crippen LogP contribution is 2.48. The van der Waals surface area contributed by atoms with E-state index in [0.29, 0.717) is 5.92 Å². The van der Waals surface area contributed by atoms with Crippen LogP contribution in [0.25, 0.3) is 0 Å². The number of rotatable bonds is 7. The van der Waals surface area contributed by atoms with Gasteiger partial charge < -0.3 is 14.8 Å². The smallest absolute Gasteiger partial charge is 0.122 e. The Kier molecular flexibility index (Phi) is 5.44. The summed E-state index contributed by atoms with van der Waals surface area (Å²) >= 11 is 0. The van der Waals surface area contributed by atoms with Crippen LogP contribution in [0.2, 0.25) is 0 Å². The normalized spacial score (nSPS) is 25.9. The molecule has 3 nitrogen and oxygen atoms in total. The van der Waals surface area contributed by atoms with Gasteiger partial charge in [-0.1, -0.05) is 31.5 Å². The van der Waals surface area contributed by atoms with E-state index in [1.165, 1.54) is 24.8 Å². The van der Waals surface area contributed by atoms with Crippen molar-refractivity contribution in [1.82, 2.24) is 5.32 Å². The SMILES string of the molecule is COCCNCC1(c2ccccc2OC)CCCC1C. The monoisotopic (exact) mass is 277 g/mol. The average Bonchev–Trinajstić information content (AvgIpc) is 2.85. The fourth-order valence-electron chi connectivity index (χ4n) is 3.55. The highest BCUT2D eigenvalue weighted by Gasteiger charge is 2.42. The summed E-state index contributed by atoms with van der Waals surface area (Å²) in [5.74, 6) is 1.70. The predicted molar refractivity (Wildman–Crippen MR) is 82.4 cm³/mol. The van der Waals surface area contributed by atoms with Gasteiger partial charge in [0.25, 0.3) is 0 Å². The van der Waals surface area contributed by atoms with E-state index in [4.69, 9.17) is 9.47 Å². The van der Waals surface area contributed by atoms with Crippen LogP contribution in [0, 0.1) is 5.92 Å². The third kappa shape index (κ3) is 2.99. The molecular weight excluding hydrogens is 250 g/mol. The fraction of sp³-hybridized carbons (Fsp3) is 0.647. The third-order valence-corrected chi connectivity index (χ3v) is 4.77. The Bertz CT molecular complexity index is 421. The van der Waals surface area contributed by atoms with Crippen LogP contribution in [0.5, 0.6) is 5.75 Å². The Balaban J connectivity index is 2.23. The van der Waals surface area contributed by atoms with Gasteiger partial charge in [-0.3, -0.25) is 0 Å². The summed E-state index contributed by atoms with van der Waals surface area (Å²) in [6, 6.07) is 8.49. The van der Waals surface area contributed by atoms with Gasteiger partial charge in [-0.2, -0.15) is 0 Å². The van der Waals surface area contributed by atoms with Crippen molar-refractivity contribution in [2.24, 2.45) is 5.92 Å². The molecule has 0 heterocycles. The van der Waals surface area contributed by atoms with E-state index in [0.717, 1.165) is 25.4 Å². The molecule has 0 bridgehead atoms. The molecule has 2 unspecified atom stereocenters. The van der Waals surface area contributed by atoms with Crippen LogP contribution in [-0.4, -0.2) is 33.9 Å². The van der Waals surface area contributed by atoms with Crippen molar-refractivity contribution >= 4 is 0 Å². The van der Waals surface area contributed by atoms with E-state index in [9.17, 15) is 0 Å². The molecule has 1 N–H and O–H groups in total. The third-order valence-electron chi connectivity index (χ3n) is 4.77. The number of hydrogen-bond donors (Lipinski definition) is 1. The molecule has 0 radical (unpaired) electrons. The second-order valence-corrected chi connectivity index (χ2v) is 5.82. The van der Waals surface area contributed by atoms with Gasteiger partial charge in [0.05, 0.1) is 13.7 Å². The minimum atomic E-state index is 0.195. The molecule has 1 aliphatic carbocycles. The summed E-state index contributed by atoms with van der Waals surface area (Å²) in [6.07, 6.45) is 3.82. The summed E-state index contributed by atoms with van der Waals surface area (Å²) in [7, 11) is 3.51. The number of benzene rings is 1. The van der Waals surface area contributed by atoms with Crippen LogP contribution in [0.1, 0.15) is 31.7 Å². The molecule has 0 aliphatic heterocycles. The topological polar surface area (TPSA) is 30.5 Å². The summed E-state index contributed by atoms with van der Waals surface area (Å²) in [4.78, 5) is 0. The second-order valence-electron chi connectivity index (χ2n) is 5.82. The maximum Gasteiger partial charge on any atom is 0.122 e. The van der Waals surface area contributed by atoms with Crippen LogP contribution in [0.3, 0.4) is 0 Å². The molecule has 20 heavy (non-hydrogen) atoms. The Morgan fingerprint density at radius 1 is 1.30 bits per heavy atom. The lowest BCUT2D eigenvalue weighted by atomic mass is 9.72. The molecule has 3 heteroatoms. The Morgan fingerprint density at radius 3 is 2.75 bits per heavy atom. The van der Waals surface area contributed by atoms with E-state index in [-0.39, 0.29) is 5.41 Å². The van der Waals surface area contributed by atoms with Crippen LogP contribution in [-0.2, 0) is 10.2 Å². The van der Waals surface area contributed by atoms with Crippen LogP contribution in [0.4, 0.5) is 0 Å². The lowest BCUT2D eigenvalue weighted by Crippen LogP contribution is -2.41. The van der Waals surface area contributed by atoms with Gasteiger partial charge in [-0.25, -0.2) is 0 Å². The van der Waals surface area contributed by atoms with Crippen molar-refractivity contribution in [2.75, 3.05) is 33.9 Å². The van der Waals surface area contributed by atoms with E-state index in [1.54, 1.807) is 14.2 Å². The van der Waals surface area contributed by atoms with Gasteiger partial charge in [0.15, 0.2) is 0 Å². The number of nitrogens with one attached hydrogen (secondary N) is 1. The molecule has 0 spiro atoms. The first-order valence-corrected chi connectivity index (χ1v) is 7.58. The Hall–Kier alpha value is -1.06. The first kappa shape index (κ1) is 15.3. The molecule has 2 rings (SSSR count). The van der Waals surface area contributed by atoms with Gasteiger partial charge in [0.1, 0.15) is 5.75 Å². The number of ether oxygens (including phenoxy) is 2. The van der Waals surface area contributed by atoms with Crippen LogP contribution >= 0.6 is 0 Å². The van der Waals surface area contributed by atoms with E-state index in [2.05, 4.69) is 30.4 Å². The molecular formula is C17H27NO2. The molecule has 1 fully saturated rings. The molecule has 2 atom stereocenters. The zero-order valence-corrected chi connectivity index (χ0v) is 12.9. The van der Waals surface area contributed by atoms with Crippen molar-refractivity contribution in [3.8, 4) is 5.75 Å². The van der Waals surface area contributed by atoms with Gasteiger partial charge in [0, 0.05) is 31.2 Å². The molecule has 1 aliphatic rings. The van der Waals surface area contributed by atoms with Gasteiger partial charge >= 0.3 is 0 Å². The number of methoxy groups -OCH3 is 2. The summed E-state index contributed by atoms with van der Waals surface area (Å²) < 4.78 is 10.7. The highest BCUT2D eigenvalue weighted by molar-refractivity contribution is 5.41. The lowest BCUT2D eigenvalue weighted by molar-refractivity contribution is 0.193. The van der Waals surface area contributed by atoms with Gasteiger partial charge in [-0.15, -0.1) is 0 Å². The number of para-hydroxylation sites is 1. The van der Waals surface area contributed by atoms with Crippen molar-refractivity contribution in [3.05, 3.63) is 29.8 Å². The van der Waals surface area contributed by atoms with Crippen LogP contribution in [0.15, 0.2) is 24.3 Å². The molecule has 1 saturated carbocycles. The molecule has 0 amide bonds. The summed E-state index contributed by atoms with van der Waals surface area (Å²) in [6.45, 7) is 5.03. The highest BCUT2D eigenvalue weighted by atomic mass is 16.5. The van der Waals surface area contributed by atoms with Crippen molar-refractivity contribution in [1.29, 1.82) is 0 Å². The Labute approximate surface area is 122 Å². The van der Waals surface area contributed by atoms with Gasteiger partial charge in [-0.05, 0) is 24.8 Å². The lowest BCUT2D eigenvalue weighted by Gasteiger charge is -2.36. The number of hydrogen-bond acceptors (Lipinski definition) is 3. The van der Waals surface area contributed by atoms with E-state index < -0.39 is 0 Å². The quantitative estimate of drug-likeness (QED) is 0.777. The zero-order chi connectivity index (χ0) is 14.4. The summed E-state index contributed by atoms with van der Waals surface area (Å²) in [5.41, 5.74) is 1.55. The Morgan fingerprint density at radius 2 is 2.10 bits per heavy atom. The van der Waals surface area contributed by atoms with Crippen molar-refractivity contribution < 1.29 is 9.47 Å². The molecule has 0 aromatic heterocycles. The van der Waals surface area contributed by atoms with Crippen molar-refractivity contribution in [2.45, 2.75) is 31.6 Å². The average molecular weight is 277 g/mol. The van der Waals surface area contributed by atoms with Gasteiger partial charge in [0.2, 0.25) is 0 Å². The van der Waals surface area contributed by atoms with E-state index in [1.807, 2.05) is 6.07 Å². The first-order valence-electron chi connectivity index (χ1n) is 7.58. The second kappa shape index (κ2) is 7.09. The first-order chi connectivity index (χ1) is 9.74. The maximum absolute atomic E-state index is 5.61. The molecule has 1 aromatic carbocycles. The standard InChI is InChI=1S/C17H27NO2/c1-14-7-6-10-17(14,13-18-11-12-19-2)15-8-4-5-9-16(15)20-3/h4-5,8-9,14,18H,6-7,10-13H2,1-3H3. The minimum Gasteiger partial charge on any atom is -0.496 e. The molecule has 1 aromatic rings. The molecule has 112 valence electrons. The maximum atomic E-state index is 5.61. The minimum absolute atomic E-state index is 0.195. The van der Waals surface area contributed by atoms with Crippen molar-refractivity contribution in [3.63, 3.8) is 0 Å². The predicted octanol–water partition coefficient (Wildman–Crippen LogP) is 2.99. The fourth-order valence-corrected chi connectivity index (χ4v) is 3.55. The molecule has 0 saturated heterocycles. The zero-order valence-electron chi connectivity index (χ0n) is 12.9. The van der Waals surface area contributed by atoms with E-state index >= 15 is 0 Å². The summed E-state index contributed by atoms with van der Waals surface area (Å²) in [5, 5.41) is 3.57.